The minimum Gasteiger partial charge on any atom is -0.484 e. The van der Waals surface area contributed by atoms with Crippen LogP contribution in [0.1, 0.15) is 38.2 Å². The molecule has 1 atom stereocenters. The lowest BCUT2D eigenvalue weighted by Gasteiger charge is -2.30. The largest absolute Gasteiger partial charge is 0.484 e. The predicted octanol–water partition coefficient (Wildman–Crippen LogP) is 4.99. The van der Waals surface area contributed by atoms with Gasteiger partial charge in [0.15, 0.2) is 6.61 Å². The summed E-state index contributed by atoms with van der Waals surface area (Å²) in [7, 11) is 0. The highest BCUT2D eigenvalue weighted by atomic mass is 35.5. The Morgan fingerprint density at radius 3 is 2.35 bits per heavy atom. The second kappa shape index (κ2) is 10.8. The molecule has 0 aromatic heterocycles. The summed E-state index contributed by atoms with van der Waals surface area (Å²) in [4.78, 5) is 27.3. The fraction of sp³-hybridized carbons (Fsp3) is 0.391. The molecule has 0 heterocycles. The number of halogens is 3. The lowest BCUT2D eigenvalue weighted by Crippen LogP contribution is -2.50. The second-order valence-electron chi connectivity index (χ2n) is 7.63. The number of carbonyl (C=O) groups is 2. The minimum absolute atomic E-state index is 0.0589. The van der Waals surface area contributed by atoms with Crippen molar-refractivity contribution in [2.75, 3.05) is 6.61 Å². The highest BCUT2D eigenvalue weighted by molar-refractivity contribution is 6.36. The van der Waals surface area contributed by atoms with Crippen molar-refractivity contribution in [3.05, 3.63) is 63.9 Å². The molecule has 0 aliphatic heterocycles. The van der Waals surface area contributed by atoms with Gasteiger partial charge in [-0.1, -0.05) is 42.1 Å². The number of rotatable bonds is 8. The second-order valence-corrected chi connectivity index (χ2v) is 8.44. The van der Waals surface area contributed by atoms with Crippen LogP contribution in [0.5, 0.6) is 5.75 Å². The highest BCUT2D eigenvalue weighted by Crippen LogP contribution is 2.27. The zero-order chi connectivity index (χ0) is 22.4. The Bertz CT molecular complexity index is 897. The minimum atomic E-state index is -0.753. The molecule has 5 nitrogen and oxygen atoms in total. The Morgan fingerprint density at radius 1 is 1.13 bits per heavy atom. The molecule has 0 bridgehead atoms. The molecule has 0 spiro atoms. The molecule has 31 heavy (non-hydrogen) atoms. The van der Waals surface area contributed by atoms with Gasteiger partial charge in [-0.25, -0.2) is 4.39 Å². The van der Waals surface area contributed by atoms with Crippen molar-refractivity contribution in [2.24, 2.45) is 0 Å². The van der Waals surface area contributed by atoms with Gasteiger partial charge in [0.25, 0.3) is 5.91 Å². The summed E-state index contributed by atoms with van der Waals surface area (Å²) in [6, 6.07) is 9.84. The molecule has 0 radical (unpaired) electrons. The van der Waals surface area contributed by atoms with Crippen LogP contribution in [0.3, 0.4) is 0 Å². The van der Waals surface area contributed by atoms with Gasteiger partial charge in [-0.3, -0.25) is 9.59 Å². The van der Waals surface area contributed by atoms with Crippen LogP contribution in [0.2, 0.25) is 10.0 Å². The molecule has 1 aliphatic rings. The van der Waals surface area contributed by atoms with Gasteiger partial charge in [0.1, 0.15) is 17.6 Å². The molecule has 8 heteroatoms. The molecular weight excluding hydrogens is 442 g/mol. The van der Waals surface area contributed by atoms with Gasteiger partial charge in [-0.05, 0) is 56.2 Å². The van der Waals surface area contributed by atoms with Gasteiger partial charge in [0, 0.05) is 28.2 Å². The quantitative estimate of drug-likeness (QED) is 0.596. The summed E-state index contributed by atoms with van der Waals surface area (Å²) in [5.41, 5.74) is 0.557. The van der Waals surface area contributed by atoms with Crippen LogP contribution in [0.4, 0.5) is 4.39 Å². The number of nitrogens with zero attached hydrogens (tertiary/aromatic N) is 1. The Hall–Kier alpha value is -2.31. The maximum absolute atomic E-state index is 13.1. The van der Waals surface area contributed by atoms with Crippen LogP contribution in [0.25, 0.3) is 0 Å². The normalized spacial score (nSPS) is 14.8. The Balaban J connectivity index is 1.75. The number of benzene rings is 2. The predicted molar refractivity (Wildman–Crippen MR) is 119 cm³/mol. The fourth-order valence-corrected chi connectivity index (χ4v) is 4.10. The molecule has 2 aromatic carbocycles. The number of hydrogen-bond acceptors (Lipinski definition) is 3. The zero-order valence-corrected chi connectivity index (χ0v) is 18.8. The van der Waals surface area contributed by atoms with Crippen LogP contribution in [-0.4, -0.2) is 35.4 Å². The van der Waals surface area contributed by atoms with E-state index in [1.54, 1.807) is 25.1 Å². The van der Waals surface area contributed by atoms with E-state index in [1.165, 1.54) is 29.2 Å². The van der Waals surface area contributed by atoms with Crippen molar-refractivity contribution >= 4 is 35.0 Å². The van der Waals surface area contributed by atoms with Gasteiger partial charge in [-0.15, -0.1) is 0 Å². The van der Waals surface area contributed by atoms with Crippen molar-refractivity contribution < 1.29 is 18.7 Å². The molecule has 1 N–H and O–H groups in total. The highest BCUT2D eigenvalue weighted by Gasteiger charge is 2.29. The lowest BCUT2D eigenvalue weighted by molar-refractivity contribution is -0.142. The maximum atomic E-state index is 13.1. The molecule has 3 rings (SSSR count). The third-order valence-electron chi connectivity index (χ3n) is 5.43. The summed E-state index contributed by atoms with van der Waals surface area (Å²) >= 11 is 12.6. The van der Waals surface area contributed by atoms with Crippen molar-refractivity contribution in [3.63, 3.8) is 0 Å². The van der Waals surface area contributed by atoms with E-state index in [0.717, 1.165) is 25.7 Å². The standard InChI is InChI=1S/C23H25Cl2FN2O3/c1-15(23(30)27-17-5-2-3-6-17)28(13-19-20(24)7-4-8-21(19)25)22(29)14-31-18-11-9-16(26)10-12-18/h4,7-12,15,17H,2-3,5-6,13-14H2,1H3,(H,27,30)/t15-/m1/s1. The molecule has 1 saturated carbocycles. The molecule has 2 amide bonds. The zero-order valence-electron chi connectivity index (χ0n) is 17.2. The topological polar surface area (TPSA) is 58.6 Å². The van der Waals surface area contributed by atoms with Gasteiger partial charge in [0.2, 0.25) is 5.91 Å². The van der Waals surface area contributed by atoms with Gasteiger partial charge in [0.05, 0.1) is 0 Å². The Labute approximate surface area is 191 Å². The number of ether oxygens (including phenoxy) is 1. The van der Waals surface area contributed by atoms with Crippen LogP contribution >= 0.6 is 23.2 Å². The van der Waals surface area contributed by atoms with Crippen molar-refractivity contribution in [1.29, 1.82) is 0 Å². The molecule has 0 saturated heterocycles. The van der Waals surface area contributed by atoms with E-state index < -0.39 is 17.8 Å². The summed E-state index contributed by atoms with van der Waals surface area (Å²) in [5.74, 6) is -0.681. The van der Waals surface area contributed by atoms with Gasteiger partial charge in [-0.2, -0.15) is 0 Å². The summed E-state index contributed by atoms with van der Waals surface area (Å²) < 4.78 is 18.6. The maximum Gasteiger partial charge on any atom is 0.261 e. The third kappa shape index (κ3) is 6.34. The average Bonchev–Trinajstić information content (AvgIpc) is 3.25. The number of amides is 2. The van der Waals surface area contributed by atoms with E-state index in [0.29, 0.717) is 21.4 Å². The molecule has 2 aromatic rings. The van der Waals surface area contributed by atoms with Crippen LogP contribution in [-0.2, 0) is 16.1 Å². The third-order valence-corrected chi connectivity index (χ3v) is 6.14. The molecule has 166 valence electrons. The first kappa shape index (κ1) is 23.4. The Kier molecular flexibility index (Phi) is 8.15. The summed E-state index contributed by atoms with van der Waals surface area (Å²) in [6.45, 7) is 1.42. The number of hydrogen-bond donors (Lipinski definition) is 1. The smallest absolute Gasteiger partial charge is 0.261 e. The van der Waals surface area contributed by atoms with Gasteiger partial charge >= 0.3 is 0 Å². The van der Waals surface area contributed by atoms with E-state index in [1.807, 2.05) is 0 Å². The van der Waals surface area contributed by atoms with Crippen LogP contribution in [0.15, 0.2) is 42.5 Å². The van der Waals surface area contributed by atoms with E-state index >= 15 is 0 Å². The summed E-state index contributed by atoms with van der Waals surface area (Å²) in [5, 5.41) is 3.85. The van der Waals surface area contributed by atoms with E-state index in [-0.39, 0.29) is 25.1 Å². The van der Waals surface area contributed by atoms with Gasteiger partial charge < -0.3 is 15.0 Å². The first-order chi connectivity index (χ1) is 14.8. The van der Waals surface area contributed by atoms with Crippen LogP contribution in [0, 0.1) is 5.82 Å². The molecule has 1 fully saturated rings. The summed E-state index contributed by atoms with van der Waals surface area (Å²) in [6.07, 6.45) is 4.05. The van der Waals surface area contributed by atoms with E-state index in [9.17, 15) is 14.0 Å². The van der Waals surface area contributed by atoms with E-state index in [2.05, 4.69) is 5.32 Å². The van der Waals surface area contributed by atoms with Crippen molar-refractivity contribution in [3.8, 4) is 5.75 Å². The van der Waals surface area contributed by atoms with E-state index in [4.69, 9.17) is 27.9 Å². The fourth-order valence-electron chi connectivity index (χ4n) is 3.59. The van der Waals surface area contributed by atoms with Crippen molar-refractivity contribution in [1.82, 2.24) is 10.2 Å². The average molecular weight is 467 g/mol. The first-order valence-electron chi connectivity index (χ1n) is 10.3. The van der Waals surface area contributed by atoms with Crippen molar-refractivity contribution in [2.45, 2.75) is 51.2 Å². The molecule has 0 unspecified atom stereocenters. The number of carbonyl (C=O) groups excluding carboxylic acids is 2. The molecule has 1 aliphatic carbocycles. The molecular formula is C23H25Cl2FN2O3. The SMILES string of the molecule is C[C@H](C(=O)NC1CCCC1)N(Cc1c(Cl)cccc1Cl)C(=O)COc1ccc(F)cc1. The van der Waals surface area contributed by atoms with Crippen LogP contribution < -0.4 is 10.1 Å². The first-order valence-corrected chi connectivity index (χ1v) is 11.0. The monoisotopic (exact) mass is 466 g/mol. The number of nitrogens with one attached hydrogen (secondary N) is 1. The lowest BCUT2D eigenvalue weighted by atomic mass is 10.1. The Morgan fingerprint density at radius 2 is 1.74 bits per heavy atom.